The Morgan fingerprint density at radius 1 is 0.968 bits per heavy atom. The SMILES string of the molecule is CC(N[S+]([O-])C(C)(C)C)[C@@H]1C[C@H]1CO[Si](c1ccccc1)(c1ccccc1)C(C)(C)C. The average molecular weight is 458 g/mol. The van der Waals surface area contributed by atoms with E-state index in [-0.39, 0.29) is 15.8 Å². The van der Waals surface area contributed by atoms with Crippen LogP contribution in [0.15, 0.2) is 60.7 Å². The summed E-state index contributed by atoms with van der Waals surface area (Å²) in [5.74, 6) is 1.03. The summed E-state index contributed by atoms with van der Waals surface area (Å²) in [7, 11) is -2.48. The Balaban J connectivity index is 1.80. The van der Waals surface area contributed by atoms with Crippen LogP contribution < -0.4 is 15.1 Å². The van der Waals surface area contributed by atoms with Crippen LogP contribution in [0, 0.1) is 11.8 Å². The summed E-state index contributed by atoms with van der Waals surface area (Å²) >= 11 is -1.04. The van der Waals surface area contributed by atoms with Gasteiger partial charge in [0.15, 0.2) is 0 Å². The van der Waals surface area contributed by atoms with Crippen LogP contribution in [0.25, 0.3) is 0 Å². The molecule has 1 saturated carbocycles. The molecule has 5 heteroatoms. The van der Waals surface area contributed by atoms with E-state index in [4.69, 9.17) is 4.43 Å². The maximum atomic E-state index is 12.5. The third-order valence-corrected chi connectivity index (χ3v) is 13.1. The largest absolute Gasteiger partial charge is 0.598 e. The van der Waals surface area contributed by atoms with Crippen molar-refractivity contribution in [3.63, 3.8) is 0 Å². The van der Waals surface area contributed by atoms with Crippen LogP contribution in [0.4, 0.5) is 0 Å². The maximum Gasteiger partial charge on any atom is 0.261 e. The van der Waals surface area contributed by atoms with Gasteiger partial charge in [-0.05, 0) is 61.4 Å². The summed E-state index contributed by atoms with van der Waals surface area (Å²) in [6.45, 7) is 15.9. The fourth-order valence-corrected chi connectivity index (χ4v) is 9.99. The monoisotopic (exact) mass is 457 g/mol. The zero-order valence-corrected chi connectivity index (χ0v) is 22.0. The topological polar surface area (TPSA) is 44.3 Å². The number of nitrogens with one attached hydrogen (secondary N) is 1. The van der Waals surface area contributed by atoms with E-state index in [1.54, 1.807) is 0 Å². The Kier molecular flexibility index (Phi) is 7.44. The van der Waals surface area contributed by atoms with Gasteiger partial charge in [0.25, 0.3) is 8.32 Å². The van der Waals surface area contributed by atoms with Gasteiger partial charge in [0.05, 0.1) is 6.04 Å². The predicted octanol–water partition coefficient (Wildman–Crippen LogP) is 4.64. The van der Waals surface area contributed by atoms with Gasteiger partial charge in [-0.25, -0.2) is 0 Å². The molecular formula is C26H39NO2SSi. The third kappa shape index (κ3) is 5.45. The summed E-state index contributed by atoms with van der Waals surface area (Å²) in [4.78, 5) is 0. The molecule has 0 saturated heterocycles. The second-order valence-corrected chi connectivity index (χ2v) is 17.2. The van der Waals surface area contributed by atoms with Crippen molar-refractivity contribution in [3.8, 4) is 0 Å². The van der Waals surface area contributed by atoms with E-state index < -0.39 is 19.7 Å². The van der Waals surface area contributed by atoms with Crippen LogP contribution in [0.1, 0.15) is 54.9 Å². The van der Waals surface area contributed by atoms with Crippen molar-refractivity contribution in [1.82, 2.24) is 4.72 Å². The van der Waals surface area contributed by atoms with Gasteiger partial charge in [0.2, 0.25) is 0 Å². The van der Waals surface area contributed by atoms with Gasteiger partial charge in [-0.1, -0.05) is 81.4 Å². The molecule has 3 nitrogen and oxygen atoms in total. The fraction of sp³-hybridized carbons (Fsp3) is 0.538. The number of hydrogen-bond donors (Lipinski definition) is 1. The smallest absolute Gasteiger partial charge is 0.261 e. The maximum absolute atomic E-state index is 12.5. The highest BCUT2D eigenvalue weighted by atomic mass is 32.2. The van der Waals surface area contributed by atoms with E-state index in [0.717, 1.165) is 13.0 Å². The first kappa shape index (κ1) is 24.5. The van der Waals surface area contributed by atoms with Crippen molar-refractivity contribution in [1.29, 1.82) is 0 Å². The quantitative estimate of drug-likeness (QED) is 0.464. The van der Waals surface area contributed by atoms with E-state index in [1.165, 1.54) is 10.4 Å². The fourth-order valence-electron chi connectivity index (χ4n) is 4.50. The molecule has 2 unspecified atom stereocenters. The van der Waals surface area contributed by atoms with Crippen molar-refractivity contribution >= 4 is 30.1 Å². The molecule has 0 aliphatic heterocycles. The normalized spacial score (nSPS) is 21.5. The minimum atomic E-state index is -2.48. The molecule has 1 aliphatic rings. The molecular weight excluding hydrogens is 418 g/mol. The molecule has 0 heterocycles. The molecule has 2 aromatic rings. The van der Waals surface area contributed by atoms with Gasteiger partial charge in [-0.2, -0.15) is 0 Å². The lowest BCUT2D eigenvalue weighted by Crippen LogP contribution is -2.66. The molecule has 1 fully saturated rings. The number of benzene rings is 2. The molecule has 1 N–H and O–H groups in total. The first-order chi connectivity index (χ1) is 14.5. The molecule has 1 aliphatic carbocycles. The Morgan fingerprint density at radius 2 is 1.45 bits per heavy atom. The first-order valence-electron chi connectivity index (χ1n) is 11.4. The van der Waals surface area contributed by atoms with E-state index >= 15 is 0 Å². The second kappa shape index (κ2) is 9.40. The highest BCUT2D eigenvalue weighted by molar-refractivity contribution is 7.90. The molecule has 0 bridgehead atoms. The van der Waals surface area contributed by atoms with Gasteiger partial charge in [0.1, 0.15) is 4.75 Å². The van der Waals surface area contributed by atoms with Crippen molar-refractivity contribution in [3.05, 3.63) is 60.7 Å². The number of rotatable bonds is 8. The molecule has 0 spiro atoms. The minimum Gasteiger partial charge on any atom is -0.598 e. The molecule has 2 aromatic carbocycles. The molecule has 0 radical (unpaired) electrons. The van der Waals surface area contributed by atoms with E-state index in [2.05, 4.69) is 93.1 Å². The van der Waals surface area contributed by atoms with Gasteiger partial charge in [-0.15, -0.1) is 4.72 Å². The Bertz CT molecular complexity index is 792. The van der Waals surface area contributed by atoms with E-state index in [0.29, 0.717) is 11.8 Å². The highest BCUT2D eigenvalue weighted by Crippen LogP contribution is 2.44. The average Bonchev–Trinajstić information content (AvgIpc) is 3.48. The Labute approximate surface area is 193 Å². The standard InChI is InChI=1S/C26H39NO2SSi/c1-20(27-30(28)25(2,3)4)24-18-21(24)19-29-31(26(5,6)7,22-14-10-8-11-15-22)23-16-12-9-13-17-23/h8-17,20-21,24,27H,18-19H2,1-7H3/t20?,21-,24-,30?/m0/s1. The lowest BCUT2D eigenvalue weighted by atomic mass is 10.2. The molecule has 31 heavy (non-hydrogen) atoms. The summed E-state index contributed by atoms with van der Waals surface area (Å²) < 4.78 is 22.7. The number of hydrogen-bond acceptors (Lipinski definition) is 3. The van der Waals surface area contributed by atoms with Crippen LogP contribution in [-0.2, 0) is 15.8 Å². The summed E-state index contributed by atoms with van der Waals surface area (Å²) in [5, 5.41) is 2.65. The van der Waals surface area contributed by atoms with Crippen molar-refractivity contribution in [2.45, 2.75) is 70.7 Å². The van der Waals surface area contributed by atoms with Crippen LogP contribution in [0.5, 0.6) is 0 Å². The minimum absolute atomic E-state index is 0.00229. The zero-order chi connectivity index (χ0) is 22.9. The predicted molar refractivity (Wildman–Crippen MR) is 136 cm³/mol. The molecule has 0 amide bonds. The van der Waals surface area contributed by atoms with Gasteiger partial charge in [-0.3, -0.25) is 0 Å². The van der Waals surface area contributed by atoms with Crippen molar-refractivity contribution in [2.24, 2.45) is 11.8 Å². The summed E-state index contributed by atoms with van der Waals surface area (Å²) in [6.07, 6.45) is 1.13. The van der Waals surface area contributed by atoms with E-state index in [9.17, 15) is 4.55 Å². The first-order valence-corrected chi connectivity index (χ1v) is 14.5. The van der Waals surface area contributed by atoms with Gasteiger partial charge >= 0.3 is 0 Å². The van der Waals surface area contributed by atoms with Crippen molar-refractivity contribution < 1.29 is 8.98 Å². The third-order valence-electron chi connectivity index (χ3n) is 6.40. The Morgan fingerprint density at radius 3 is 1.87 bits per heavy atom. The lowest BCUT2D eigenvalue weighted by Gasteiger charge is -2.43. The second-order valence-electron chi connectivity index (χ2n) is 10.9. The van der Waals surface area contributed by atoms with Crippen LogP contribution in [0.2, 0.25) is 5.04 Å². The summed E-state index contributed by atoms with van der Waals surface area (Å²) in [5.41, 5.74) is 0. The summed E-state index contributed by atoms with van der Waals surface area (Å²) in [6, 6.07) is 21.9. The Hall–Kier alpha value is -1.11. The molecule has 170 valence electrons. The van der Waals surface area contributed by atoms with Crippen molar-refractivity contribution in [2.75, 3.05) is 6.61 Å². The van der Waals surface area contributed by atoms with Gasteiger partial charge < -0.3 is 8.98 Å². The van der Waals surface area contributed by atoms with Crippen LogP contribution >= 0.6 is 0 Å². The van der Waals surface area contributed by atoms with Crippen LogP contribution in [-0.4, -0.2) is 30.3 Å². The molecule has 3 rings (SSSR count). The lowest BCUT2D eigenvalue weighted by molar-refractivity contribution is 0.270. The van der Waals surface area contributed by atoms with E-state index in [1.807, 2.05) is 20.8 Å². The van der Waals surface area contributed by atoms with Crippen LogP contribution in [0.3, 0.4) is 0 Å². The zero-order valence-electron chi connectivity index (χ0n) is 20.1. The highest BCUT2D eigenvalue weighted by Gasteiger charge is 2.52. The molecule has 4 atom stereocenters. The molecule has 0 aromatic heterocycles. The van der Waals surface area contributed by atoms with Gasteiger partial charge in [0, 0.05) is 18.0 Å².